The number of nitrogens with zero attached hydrogens (tertiary/aromatic N) is 2. The Bertz CT molecular complexity index is 596. The molecule has 1 saturated heterocycles. The molecule has 6 heteroatoms. The van der Waals surface area contributed by atoms with Crippen LogP contribution >= 0.6 is 0 Å². The lowest BCUT2D eigenvalue weighted by Crippen LogP contribution is -2.42. The molecule has 1 fully saturated rings. The van der Waals surface area contributed by atoms with Gasteiger partial charge in [0.25, 0.3) is 0 Å². The number of rotatable bonds is 9. The van der Waals surface area contributed by atoms with Crippen molar-refractivity contribution in [3.05, 3.63) is 29.8 Å². The number of aliphatic imine (C=N–C) groups is 1. The average molecular weight is 374 g/mol. The van der Waals surface area contributed by atoms with E-state index in [4.69, 9.17) is 0 Å². The number of amides is 1. The van der Waals surface area contributed by atoms with Crippen LogP contribution in [0.1, 0.15) is 51.5 Å². The van der Waals surface area contributed by atoms with Crippen LogP contribution in [0.15, 0.2) is 29.3 Å². The van der Waals surface area contributed by atoms with E-state index in [1.165, 1.54) is 32.4 Å². The number of hydrogen-bond acceptors (Lipinski definition) is 3. The Labute approximate surface area is 163 Å². The van der Waals surface area contributed by atoms with Gasteiger partial charge >= 0.3 is 0 Å². The van der Waals surface area contributed by atoms with E-state index in [-0.39, 0.29) is 5.91 Å². The zero-order chi connectivity index (χ0) is 19.3. The van der Waals surface area contributed by atoms with Gasteiger partial charge in [-0.3, -0.25) is 4.79 Å². The molecule has 1 heterocycles. The molecule has 0 saturated carbocycles. The highest BCUT2D eigenvalue weighted by Crippen LogP contribution is 2.12. The predicted molar refractivity (Wildman–Crippen MR) is 113 cm³/mol. The minimum Gasteiger partial charge on any atom is -0.357 e. The van der Waals surface area contributed by atoms with Crippen molar-refractivity contribution in [2.24, 2.45) is 4.99 Å². The summed E-state index contributed by atoms with van der Waals surface area (Å²) in [6, 6.07) is 7.91. The first-order valence-electron chi connectivity index (χ1n) is 10.3. The largest absolute Gasteiger partial charge is 0.357 e. The van der Waals surface area contributed by atoms with E-state index >= 15 is 0 Å². The highest BCUT2D eigenvalue weighted by Gasteiger charge is 2.09. The van der Waals surface area contributed by atoms with Gasteiger partial charge in [0.1, 0.15) is 0 Å². The molecular formula is C21H35N5O. The summed E-state index contributed by atoms with van der Waals surface area (Å²) in [6.45, 7) is 9.89. The molecule has 0 spiro atoms. The van der Waals surface area contributed by atoms with E-state index in [2.05, 4.69) is 32.8 Å². The third-order valence-corrected chi connectivity index (χ3v) is 4.62. The molecule has 150 valence electrons. The van der Waals surface area contributed by atoms with Crippen molar-refractivity contribution in [1.82, 2.24) is 15.5 Å². The van der Waals surface area contributed by atoms with Crippen molar-refractivity contribution in [1.29, 1.82) is 0 Å². The Kier molecular flexibility index (Phi) is 9.69. The molecule has 2 rings (SSSR count). The Hall–Kier alpha value is -2.08. The molecule has 1 aliphatic rings. The number of guanidine groups is 1. The molecule has 0 radical (unpaired) electrons. The maximum Gasteiger partial charge on any atom is 0.224 e. The molecular weight excluding hydrogens is 338 g/mol. The van der Waals surface area contributed by atoms with Gasteiger partial charge in [-0.25, -0.2) is 4.99 Å². The van der Waals surface area contributed by atoms with Gasteiger partial charge in [-0.15, -0.1) is 0 Å². The highest BCUT2D eigenvalue weighted by atomic mass is 16.1. The summed E-state index contributed by atoms with van der Waals surface area (Å²) in [5.74, 6) is 0.904. The van der Waals surface area contributed by atoms with Crippen LogP contribution < -0.4 is 16.0 Å². The van der Waals surface area contributed by atoms with Crippen LogP contribution in [0.5, 0.6) is 0 Å². The fourth-order valence-electron chi connectivity index (χ4n) is 3.23. The van der Waals surface area contributed by atoms with Crippen molar-refractivity contribution in [3.63, 3.8) is 0 Å². The maximum absolute atomic E-state index is 11.8. The predicted octanol–water partition coefficient (Wildman–Crippen LogP) is 2.97. The molecule has 1 aromatic rings. The van der Waals surface area contributed by atoms with Crippen LogP contribution in [-0.4, -0.2) is 49.5 Å². The average Bonchev–Trinajstić information content (AvgIpc) is 2.67. The zero-order valence-electron chi connectivity index (χ0n) is 16.9. The summed E-state index contributed by atoms with van der Waals surface area (Å²) in [5.41, 5.74) is 1.92. The molecule has 0 aliphatic carbocycles. The highest BCUT2D eigenvalue weighted by molar-refractivity contribution is 5.90. The van der Waals surface area contributed by atoms with Crippen LogP contribution in [0.3, 0.4) is 0 Å². The van der Waals surface area contributed by atoms with Gasteiger partial charge < -0.3 is 20.9 Å². The van der Waals surface area contributed by atoms with E-state index in [9.17, 15) is 4.79 Å². The van der Waals surface area contributed by atoms with Gasteiger partial charge in [-0.05, 0) is 57.0 Å². The van der Waals surface area contributed by atoms with E-state index in [0.717, 1.165) is 43.3 Å². The van der Waals surface area contributed by atoms with E-state index in [1.54, 1.807) is 0 Å². The molecule has 27 heavy (non-hydrogen) atoms. The first-order valence-corrected chi connectivity index (χ1v) is 10.3. The molecule has 0 unspecified atom stereocenters. The minimum atomic E-state index is 0.0610. The molecule has 1 aromatic carbocycles. The summed E-state index contributed by atoms with van der Waals surface area (Å²) >= 11 is 0. The number of carbonyl (C=O) groups excluding carboxylic acids is 1. The van der Waals surface area contributed by atoms with Crippen molar-refractivity contribution in [3.8, 4) is 0 Å². The van der Waals surface area contributed by atoms with Crippen LogP contribution in [-0.2, 0) is 11.3 Å². The second-order valence-corrected chi connectivity index (χ2v) is 7.02. The Morgan fingerprint density at radius 3 is 2.70 bits per heavy atom. The van der Waals surface area contributed by atoms with Gasteiger partial charge in [0, 0.05) is 31.7 Å². The fourth-order valence-corrected chi connectivity index (χ4v) is 3.23. The molecule has 0 atom stereocenters. The van der Waals surface area contributed by atoms with Crippen LogP contribution in [0.4, 0.5) is 5.69 Å². The number of nitrogens with one attached hydrogen (secondary N) is 3. The Morgan fingerprint density at radius 1 is 1.15 bits per heavy atom. The van der Waals surface area contributed by atoms with Crippen molar-refractivity contribution >= 4 is 17.6 Å². The quantitative estimate of drug-likeness (QED) is 0.460. The SMILES string of the molecule is CCCC(=O)Nc1cccc(CN=C(NCC)NCCN2CCCCC2)c1. The first kappa shape index (κ1) is 21.2. The lowest BCUT2D eigenvalue weighted by molar-refractivity contribution is -0.116. The monoisotopic (exact) mass is 373 g/mol. The maximum atomic E-state index is 11.8. The number of anilines is 1. The lowest BCUT2D eigenvalue weighted by atomic mass is 10.1. The number of piperidine rings is 1. The Morgan fingerprint density at radius 2 is 1.96 bits per heavy atom. The van der Waals surface area contributed by atoms with Gasteiger partial charge in [0.15, 0.2) is 5.96 Å². The summed E-state index contributed by atoms with van der Waals surface area (Å²) in [6.07, 6.45) is 5.41. The first-order chi connectivity index (χ1) is 13.2. The van der Waals surface area contributed by atoms with Crippen molar-refractivity contribution in [2.75, 3.05) is 38.0 Å². The molecule has 1 aliphatic heterocycles. The third kappa shape index (κ3) is 8.43. The van der Waals surface area contributed by atoms with Crippen LogP contribution in [0.25, 0.3) is 0 Å². The lowest BCUT2D eigenvalue weighted by Gasteiger charge is -2.26. The number of carbonyl (C=O) groups is 1. The second kappa shape index (κ2) is 12.3. The summed E-state index contributed by atoms with van der Waals surface area (Å²) in [4.78, 5) is 19.0. The standard InChI is InChI=1S/C21H35N5O/c1-3-9-20(27)25-19-11-8-10-18(16-19)17-24-21(22-4-2)23-12-15-26-13-6-5-7-14-26/h8,10-11,16H,3-7,9,12-15,17H2,1-2H3,(H,25,27)(H2,22,23,24). The van der Waals surface area contributed by atoms with Crippen molar-refractivity contribution in [2.45, 2.75) is 52.5 Å². The summed E-state index contributed by atoms with van der Waals surface area (Å²) < 4.78 is 0. The molecule has 1 amide bonds. The molecule has 0 bridgehead atoms. The molecule has 3 N–H and O–H groups in total. The normalized spacial score (nSPS) is 15.4. The Balaban J connectivity index is 1.84. The fraction of sp³-hybridized carbons (Fsp3) is 0.619. The summed E-state index contributed by atoms with van der Waals surface area (Å²) in [7, 11) is 0. The number of likely N-dealkylation sites (tertiary alicyclic amines) is 1. The van der Waals surface area contributed by atoms with Gasteiger partial charge in [-0.1, -0.05) is 25.5 Å². The third-order valence-electron chi connectivity index (χ3n) is 4.62. The van der Waals surface area contributed by atoms with Crippen molar-refractivity contribution < 1.29 is 4.79 Å². The van der Waals surface area contributed by atoms with Gasteiger partial charge in [-0.2, -0.15) is 0 Å². The summed E-state index contributed by atoms with van der Waals surface area (Å²) in [5, 5.41) is 9.68. The second-order valence-electron chi connectivity index (χ2n) is 7.02. The van der Waals surface area contributed by atoms with E-state index < -0.39 is 0 Å². The molecule has 0 aromatic heterocycles. The number of benzene rings is 1. The van der Waals surface area contributed by atoms with Gasteiger partial charge in [0.05, 0.1) is 6.54 Å². The smallest absolute Gasteiger partial charge is 0.224 e. The molecule has 6 nitrogen and oxygen atoms in total. The van der Waals surface area contributed by atoms with Crippen LogP contribution in [0.2, 0.25) is 0 Å². The van der Waals surface area contributed by atoms with E-state index in [0.29, 0.717) is 13.0 Å². The topological polar surface area (TPSA) is 68.8 Å². The number of hydrogen-bond donors (Lipinski definition) is 3. The van der Waals surface area contributed by atoms with Gasteiger partial charge in [0.2, 0.25) is 5.91 Å². The minimum absolute atomic E-state index is 0.0610. The zero-order valence-corrected chi connectivity index (χ0v) is 16.9. The van der Waals surface area contributed by atoms with Crippen LogP contribution in [0, 0.1) is 0 Å². The van der Waals surface area contributed by atoms with E-state index in [1.807, 2.05) is 31.2 Å².